The highest BCUT2D eigenvalue weighted by Crippen LogP contribution is 2.42. The minimum atomic E-state index is -1.33. The Labute approximate surface area is 113 Å². The molecule has 1 aromatic rings. The summed E-state index contributed by atoms with van der Waals surface area (Å²) < 4.78 is 19.5. The molecule has 1 fully saturated rings. The van der Waals surface area contributed by atoms with E-state index < -0.39 is 54.4 Å². The Kier molecular flexibility index (Phi) is 3.78. The minimum Gasteiger partial charge on any atom is -0.396 e. The molecule has 1 aliphatic rings. The molecule has 0 saturated carbocycles. The van der Waals surface area contributed by atoms with Crippen LogP contribution < -0.4 is 11.4 Å². The van der Waals surface area contributed by atoms with E-state index in [1.54, 1.807) is 0 Å². The maximum Gasteiger partial charge on any atom is 0.351 e. The lowest BCUT2D eigenvalue weighted by Gasteiger charge is -2.29. The van der Waals surface area contributed by atoms with E-state index in [0.717, 1.165) is 10.8 Å². The average molecular weight is 289 g/mol. The largest absolute Gasteiger partial charge is 0.396 e. The molecule has 0 aromatic carbocycles. The number of aliphatic hydroxyl groups excluding tert-OH is 3. The number of hydrogen-bond acceptors (Lipinski definition) is 7. The maximum absolute atomic E-state index is 13.4. The van der Waals surface area contributed by atoms with Crippen LogP contribution in [0.3, 0.4) is 0 Å². The molecule has 2 rings (SSSR count). The van der Waals surface area contributed by atoms with E-state index in [1.807, 2.05) is 0 Å². The molecule has 1 saturated heterocycles. The maximum atomic E-state index is 13.4. The molecule has 2 heterocycles. The zero-order valence-electron chi connectivity index (χ0n) is 10.7. The number of nitrogens with zero attached hydrogens (tertiary/aromatic N) is 2. The van der Waals surface area contributed by atoms with Gasteiger partial charge in [-0.2, -0.15) is 4.98 Å². The number of ether oxygens (including phenoxy) is 1. The normalized spacial score (nSPS) is 33.5. The number of halogens is 1. The van der Waals surface area contributed by atoms with Gasteiger partial charge >= 0.3 is 5.69 Å². The molecule has 5 N–H and O–H groups in total. The Bertz CT molecular complexity index is 565. The van der Waals surface area contributed by atoms with Crippen molar-refractivity contribution in [3.05, 3.63) is 22.5 Å². The Morgan fingerprint density at radius 1 is 1.60 bits per heavy atom. The number of aliphatic hydroxyl groups is 3. The van der Waals surface area contributed by atoms with Crippen LogP contribution in [0.5, 0.6) is 0 Å². The van der Waals surface area contributed by atoms with Crippen molar-refractivity contribution in [2.75, 3.05) is 18.9 Å². The van der Waals surface area contributed by atoms with Crippen LogP contribution in [-0.4, -0.2) is 50.3 Å². The number of anilines is 1. The lowest BCUT2D eigenvalue weighted by Crippen LogP contribution is -2.43. The first-order valence-corrected chi connectivity index (χ1v) is 5.94. The van der Waals surface area contributed by atoms with Crippen molar-refractivity contribution in [2.45, 2.75) is 25.4 Å². The lowest BCUT2D eigenvalue weighted by atomic mass is 9.81. The third kappa shape index (κ3) is 2.08. The molecule has 1 aromatic heterocycles. The summed E-state index contributed by atoms with van der Waals surface area (Å²) in [5, 5.41) is 28.8. The van der Waals surface area contributed by atoms with E-state index in [2.05, 4.69) is 4.98 Å². The Hall–Kier alpha value is -1.55. The van der Waals surface area contributed by atoms with Gasteiger partial charge in [0.25, 0.3) is 0 Å². The second-order valence-electron chi connectivity index (χ2n) is 4.97. The number of nitrogen functional groups attached to an aromatic ring is 1. The first kappa shape index (κ1) is 14.9. The van der Waals surface area contributed by atoms with Crippen molar-refractivity contribution in [1.82, 2.24) is 9.55 Å². The van der Waals surface area contributed by atoms with Crippen LogP contribution in [0, 0.1) is 11.2 Å². The Morgan fingerprint density at radius 3 is 2.75 bits per heavy atom. The number of nitrogens with two attached hydrogens (primary N) is 1. The standard InChI is InChI=1S/C11H16FN3O5/c1-11(4-17)6(3-16)20-9(7(11)18)15-2-5(12)8(13)14-10(15)19/h2,6-7,9,16-18H,3-4H2,1H3,(H2,13,14,19)/t6-,7+,9-,11-/m1/s1. The molecular formula is C11H16FN3O5. The molecule has 0 aliphatic carbocycles. The summed E-state index contributed by atoms with van der Waals surface area (Å²) in [6.07, 6.45) is -2.72. The van der Waals surface area contributed by atoms with Gasteiger partial charge in [-0.05, 0) is 0 Å². The molecule has 4 atom stereocenters. The predicted octanol–water partition coefficient (Wildman–Crippen LogP) is -1.79. The zero-order chi connectivity index (χ0) is 15.1. The van der Waals surface area contributed by atoms with Gasteiger partial charge in [0.1, 0.15) is 6.10 Å². The van der Waals surface area contributed by atoms with Crippen molar-refractivity contribution < 1.29 is 24.4 Å². The summed E-state index contributed by atoms with van der Waals surface area (Å²) in [4.78, 5) is 15.0. The predicted molar refractivity (Wildman–Crippen MR) is 65.1 cm³/mol. The van der Waals surface area contributed by atoms with Crippen LogP contribution in [0.25, 0.3) is 0 Å². The summed E-state index contributed by atoms with van der Waals surface area (Å²) in [5.74, 6) is -1.49. The highest BCUT2D eigenvalue weighted by molar-refractivity contribution is 5.26. The second kappa shape index (κ2) is 5.09. The first-order valence-electron chi connectivity index (χ1n) is 5.94. The summed E-state index contributed by atoms with van der Waals surface area (Å²) >= 11 is 0. The molecular weight excluding hydrogens is 273 g/mol. The highest BCUT2D eigenvalue weighted by Gasteiger charge is 2.53. The molecule has 20 heavy (non-hydrogen) atoms. The van der Waals surface area contributed by atoms with E-state index >= 15 is 0 Å². The lowest BCUT2D eigenvalue weighted by molar-refractivity contribution is -0.0574. The van der Waals surface area contributed by atoms with Crippen LogP contribution in [0.1, 0.15) is 13.2 Å². The highest BCUT2D eigenvalue weighted by atomic mass is 19.1. The van der Waals surface area contributed by atoms with Crippen molar-refractivity contribution in [3.8, 4) is 0 Å². The van der Waals surface area contributed by atoms with Crippen LogP contribution in [0.4, 0.5) is 10.2 Å². The molecule has 112 valence electrons. The van der Waals surface area contributed by atoms with E-state index in [-0.39, 0.29) is 0 Å². The summed E-state index contributed by atoms with van der Waals surface area (Å²) in [5.41, 5.74) is 3.09. The average Bonchev–Trinajstić information content (AvgIpc) is 2.67. The van der Waals surface area contributed by atoms with Crippen molar-refractivity contribution in [2.24, 2.45) is 5.41 Å². The number of aromatic nitrogens is 2. The third-order valence-electron chi connectivity index (χ3n) is 3.70. The van der Waals surface area contributed by atoms with Gasteiger partial charge in [-0.1, -0.05) is 6.92 Å². The van der Waals surface area contributed by atoms with Gasteiger partial charge < -0.3 is 25.8 Å². The zero-order valence-corrected chi connectivity index (χ0v) is 10.7. The monoisotopic (exact) mass is 289 g/mol. The summed E-state index contributed by atoms with van der Waals surface area (Å²) in [6.45, 7) is 0.546. The Morgan fingerprint density at radius 2 is 2.25 bits per heavy atom. The van der Waals surface area contributed by atoms with Gasteiger partial charge in [-0.15, -0.1) is 0 Å². The summed E-state index contributed by atoms with van der Waals surface area (Å²) in [6, 6.07) is 0. The van der Waals surface area contributed by atoms with Crippen molar-refractivity contribution in [1.29, 1.82) is 0 Å². The summed E-state index contributed by atoms with van der Waals surface area (Å²) in [7, 11) is 0. The van der Waals surface area contributed by atoms with E-state index in [1.165, 1.54) is 6.92 Å². The molecule has 0 bridgehead atoms. The SMILES string of the molecule is C[C@@]1(CO)[C@@H](CO)O[C@@H](n2cc(F)c(N)nc2=O)[C@@H]1O. The molecule has 0 unspecified atom stereocenters. The van der Waals surface area contributed by atoms with Crippen molar-refractivity contribution in [3.63, 3.8) is 0 Å². The van der Waals surface area contributed by atoms with Gasteiger partial charge in [-0.3, -0.25) is 4.57 Å². The van der Waals surface area contributed by atoms with Crippen LogP contribution in [0.15, 0.2) is 11.0 Å². The first-order chi connectivity index (χ1) is 9.35. The van der Waals surface area contributed by atoms with Crippen LogP contribution in [-0.2, 0) is 4.74 Å². The van der Waals surface area contributed by atoms with Crippen LogP contribution >= 0.6 is 0 Å². The fourth-order valence-corrected chi connectivity index (χ4v) is 2.22. The van der Waals surface area contributed by atoms with Gasteiger partial charge in [0, 0.05) is 5.41 Å². The van der Waals surface area contributed by atoms with E-state index in [0.29, 0.717) is 0 Å². The third-order valence-corrected chi connectivity index (χ3v) is 3.70. The molecule has 8 nitrogen and oxygen atoms in total. The number of rotatable bonds is 3. The van der Waals surface area contributed by atoms with Gasteiger partial charge in [0.05, 0.1) is 25.5 Å². The van der Waals surface area contributed by atoms with Crippen molar-refractivity contribution >= 4 is 5.82 Å². The van der Waals surface area contributed by atoms with E-state index in [9.17, 15) is 24.5 Å². The van der Waals surface area contributed by atoms with Gasteiger partial charge in [-0.25, -0.2) is 9.18 Å². The molecule has 0 amide bonds. The minimum absolute atomic E-state index is 0.468. The molecule has 9 heteroatoms. The molecule has 0 radical (unpaired) electrons. The quantitative estimate of drug-likeness (QED) is 0.517. The Balaban J connectivity index is 2.45. The van der Waals surface area contributed by atoms with Gasteiger partial charge in [0.15, 0.2) is 17.9 Å². The smallest absolute Gasteiger partial charge is 0.351 e. The van der Waals surface area contributed by atoms with Crippen LogP contribution in [0.2, 0.25) is 0 Å². The van der Waals surface area contributed by atoms with E-state index in [4.69, 9.17) is 10.5 Å². The number of hydrogen-bond donors (Lipinski definition) is 4. The topological polar surface area (TPSA) is 131 Å². The second-order valence-corrected chi connectivity index (χ2v) is 4.97. The van der Waals surface area contributed by atoms with Gasteiger partial charge in [0.2, 0.25) is 0 Å². The fourth-order valence-electron chi connectivity index (χ4n) is 2.22. The molecule has 0 spiro atoms. The molecule has 1 aliphatic heterocycles. The fraction of sp³-hybridized carbons (Fsp3) is 0.636.